The number of nitrogens with one attached hydrogen (secondary N) is 1. The predicted molar refractivity (Wildman–Crippen MR) is 108 cm³/mol. The van der Waals surface area contributed by atoms with Crippen LogP contribution >= 0.6 is 11.8 Å². The number of thioether (sulfide) groups is 1. The number of hydrogen-bond acceptors (Lipinski definition) is 4. The van der Waals surface area contributed by atoms with Gasteiger partial charge in [-0.05, 0) is 54.7 Å². The summed E-state index contributed by atoms with van der Waals surface area (Å²) in [5.41, 5.74) is 4.49. The van der Waals surface area contributed by atoms with Gasteiger partial charge in [0.1, 0.15) is 5.75 Å². The van der Waals surface area contributed by atoms with Crippen molar-refractivity contribution >= 4 is 23.2 Å². The first kappa shape index (κ1) is 17.5. The summed E-state index contributed by atoms with van der Waals surface area (Å²) in [5, 5.41) is 3.77. The third-order valence-corrected chi connectivity index (χ3v) is 7.06. The highest BCUT2D eigenvalue weighted by molar-refractivity contribution is 7.99. The van der Waals surface area contributed by atoms with Gasteiger partial charge in [0.05, 0.1) is 17.5 Å². The highest BCUT2D eigenvalue weighted by Gasteiger charge is 2.46. The zero-order valence-corrected chi connectivity index (χ0v) is 16.6. The molecule has 2 aliphatic heterocycles. The number of rotatable bonds is 3. The predicted octanol–water partition coefficient (Wildman–Crippen LogP) is 5.45. The van der Waals surface area contributed by atoms with Crippen LogP contribution in [0.1, 0.15) is 55.2 Å². The van der Waals surface area contributed by atoms with Crippen molar-refractivity contribution in [2.24, 2.45) is 5.92 Å². The molecule has 0 aliphatic carbocycles. The van der Waals surface area contributed by atoms with E-state index < -0.39 is 0 Å². The van der Waals surface area contributed by atoms with Crippen LogP contribution in [-0.2, 0) is 5.41 Å². The molecule has 0 saturated carbocycles. The largest absolute Gasteiger partial charge is 0.493 e. The molecule has 0 fully saturated rings. The van der Waals surface area contributed by atoms with E-state index in [2.05, 4.69) is 49.5 Å². The maximum atomic E-state index is 11.8. The third kappa shape index (κ3) is 2.62. The molecule has 3 nitrogen and oxygen atoms in total. The summed E-state index contributed by atoms with van der Waals surface area (Å²) in [6, 6.07) is 12.7. The molecule has 0 saturated heterocycles. The SMILES string of the molecule is CCOc1cccc2c1SCC1C2Nc2ccc(C(C)=O)cc2C1(C)C. The van der Waals surface area contributed by atoms with Crippen LogP contribution in [0.4, 0.5) is 5.69 Å². The van der Waals surface area contributed by atoms with Crippen molar-refractivity contribution in [3.8, 4) is 5.75 Å². The number of fused-ring (bicyclic) bond motifs is 4. The molecule has 2 aromatic carbocycles. The first-order chi connectivity index (χ1) is 12.4. The van der Waals surface area contributed by atoms with Gasteiger partial charge in [-0.3, -0.25) is 4.79 Å². The van der Waals surface area contributed by atoms with E-state index in [9.17, 15) is 4.79 Å². The maximum Gasteiger partial charge on any atom is 0.159 e. The smallest absolute Gasteiger partial charge is 0.159 e. The topological polar surface area (TPSA) is 38.3 Å². The second-order valence-corrected chi connectivity index (χ2v) is 8.72. The Hall–Kier alpha value is -1.94. The van der Waals surface area contributed by atoms with E-state index in [0.29, 0.717) is 12.5 Å². The van der Waals surface area contributed by atoms with Gasteiger partial charge in [-0.25, -0.2) is 0 Å². The Morgan fingerprint density at radius 3 is 2.85 bits per heavy atom. The Bertz CT molecular complexity index is 874. The molecule has 2 heterocycles. The van der Waals surface area contributed by atoms with Crippen molar-refractivity contribution in [2.45, 2.75) is 44.0 Å². The number of carbonyl (C=O) groups is 1. The molecule has 4 rings (SSSR count). The molecule has 2 aliphatic rings. The van der Waals surface area contributed by atoms with Crippen LogP contribution < -0.4 is 10.1 Å². The molecule has 0 spiro atoms. The molecule has 136 valence electrons. The summed E-state index contributed by atoms with van der Waals surface area (Å²) in [4.78, 5) is 13.1. The van der Waals surface area contributed by atoms with E-state index in [-0.39, 0.29) is 17.2 Å². The summed E-state index contributed by atoms with van der Waals surface area (Å²) < 4.78 is 5.86. The quantitative estimate of drug-likeness (QED) is 0.732. The van der Waals surface area contributed by atoms with Gasteiger partial charge in [0.25, 0.3) is 0 Å². The van der Waals surface area contributed by atoms with Gasteiger partial charge >= 0.3 is 0 Å². The maximum absolute atomic E-state index is 11.8. The van der Waals surface area contributed by atoms with Crippen LogP contribution in [0, 0.1) is 5.92 Å². The van der Waals surface area contributed by atoms with Crippen LogP contribution in [0.5, 0.6) is 5.75 Å². The normalized spacial score (nSPS) is 22.5. The molecule has 26 heavy (non-hydrogen) atoms. The lowest BCUT2D eigenvalue weighted by molar-refractivity contribution is 0.101. The van der Waals surface area contributed by atoms with Crippen molar-refractivity contribution in [1.29, 1.82) is 0 Å². The van der Waals surface area contributed by atoms with E-state index in [1.54, 1.807) is 6.92 Å². The molecule has 0 radical (unpaired) electrons. The number of carbonyl (C=O) groups excluding carboxylic acids is 1. The average molecular weight is 368 g/mol. The Balaban J connectivity index is 1.81. The molecular weight excluding hydrogens is 342 g/mol. The van der Waals surface area contributed by atoms with Crippen LogP contribution in [-0.4, -0.2) is 18.1 Å². The first-order valence-corrected chi connectivity index (χ1v) is 10.2. The van der Waals surface area contributed by atoms with Gasteiger partial charge in [-0.1, -0.05) is 26.0 Å². The van der Waals surface area contributed by atoms with Crippen molar-refractivity contribution < 1.29 is 9.53 Å². The lowest BCUT2D eigenvalue weighted by Crippen LogP contribution is -2.44. The zero-order chi connectivity index (χ0) is 18.5. The van der Waals surface area contributed by atoms with Crippen LogP contribution in [0.25, 0.3) is 0 Å². The van der Waals surface area contributed by atoms with Crippen LogP contribution in [0.2, 0.25) is 0 Å². The zero-order valence-electron chi connectivity index (χ0n) is 15.8. The van der Waals surface area contributed by atoms with E-state index in [1.807, 2.05) is 24.8 Å². The molecule has 2 unspecified atom stereocenters. The van der Waals surface area contributed by atoms with E-state index in [4.69, 9.17) is 4.74 Å². The monoisotopic (exact) mass is 367 g/mol. The fraction of sp³-hybridized carbons (Fsp3) is 0.409. The molecule has 1 N–H and O–H groups in total. The summed E-state index contributed by atoms with van der Waals surface area (Å²) in [7, 11) is 0. The van der Waals surface area contributed by atoms with Crippen molar-refractivity contribution in [3.05, 3.63) is 53.1 Å². The number of hydrogen-bond donors (Lipinski definition) is 1. The standard InChI is InChI=1S/C22H25NO2S/c1-5-25-19-8-6-7-15-20-17(12-26-21(15)19)22(3,4)16-11-14(13(2)24)9-10-18(16)23-20/h6-11,17,20,23H,5,12H2,1-4H3. The third-order valence-electron chi connectivity index (χ3n) is 5.81. The second-order valence-electron chi connectivity index (χ2n) is 7.69. The number of Topliss-reactive ketones (excluding diaryl/α,β-unsaturated/α-hetero) is 1. The highest BCUT2D eigenvalue weighted by Crippen LogP contribution is 2.55. The number of anilines is 1. The number of ketones is 1. The van der Waals surface area contributed by atoms with Crippen LogP contribution in [0.15, 0.2) is 41.3 Å². The summed E-state index contributed by atoms with van der Waals surface area (Å²) in [6.45, 7) is 8.97. The molecule has 2 atom stereocenters. The van der Waals surface area contributed by atoms with Crippen LogP contribution in [0.3, 0.4) is 0 Å². The molecule has 0 amide bonds. The Labute approximate surface area is 159 Å². The average Bonchev–Trinajstić information content (AvgIpc) is 2.62. The van der Waals surface area contributed by atoms with Crippen molar-refractivity contribution in [1.82, 2.24) is 0 Å². The van der Waals surface area contributed by atoms with Gasteiger partial charge in [-0.15, -0.1) is 11.8 Å². The van der Waals surface area contributed by atoms with E-state index in [1.165, 1.54) is 16.0 Å². The fourth-order valence-corrected chi connectivity index (χ4v) is 5.87. The lowest BCUT2D eigenvalue weighted by atomic mass is 9.66. The van der Waals surface area contributed by atoms with Gasteiger partial charge in [0.2, 0.25) is 0 Å². The Kier molecular flexibility index (Phi) is 4.26. The molecule has 0 bridgehead atoms. The minimum atomic E-state index is -0.0109. The Morgan fingerprint density at radius 2 is 2.12 bits per heavy atom. The van der Waals surface area contributed by atoms with E-state index in [0.717, 1.165) is 22.8 Å². The molecule has 2 aromatic rings. The number of benzene rings is 2. The lowest BCUT2D eigenvalue weighted by Gasteiger charge is -2.49. The second kappa shape index (κ2) is 6.34. The Morgan fingerprint density at radius 1 is 1.31 bits per heavy atom. The molecular formula is C22H25NO2S. The first-order valence-electron chi connectivity index (χ1n) is 9.24. The number of ether oxygens (including phenoxy) is 1. The van der Waals surface area contributed by atoms with Gasteiger partial charge in [0.15, 0.2) is 5.78 Å². The highest BCUT2D eigenvalue weighted by atomic mass is 32.2. The van der Waals surface area contributed by atoms with E-state index >= 15 is 0 Å². The van der Waals surface area contributed by atoms with Crippen molar-refractivity contribution in [3.63, 3.8) is 0 Å². The summed E-state index contributed by atoms with van der Waals surface area (Å²) in [6.07, 6.45) is 0. The molecule has 0 aromatic heterocycles. The minimum Gasteiger partial charge on any atom is -0.493 e. The van der Waals surface area contributed by atoms with Crippen molar-refractivity contribution in [2.75, 3.05) is 17.7 Å². The fourth-order valence-electron chi connectivity index (χ4n) is 4.28. The minimum absolute atomic E-state index is 0.0109. The van der Waals surface area contributed by atoms with Gasteiger partial charge in [0, 0.05) is 22.9 Å². The van der Waals surface area contributed by atoms with Gasteiger partial charge < -0.3 is 10.1 Å². The summed E-state index contributed by atoms with van der Waals surface area (Å²) in [5.74, 6) is 2.60. The molecule has 4 heteroatoms. The summed E-state index contributed by atoms with van der Waals surface area (Å²) >= 11 is 1.90. The van der Waals surface area contributed by atoms with Gasteiger partial charge in [-0.2, -0.15) is 0 Å².